The van der Waals surface area contributed by atoms with Gasteiger partial charge in [0, 0.05) is 24.2 Å². The molecule has 166 valence electrons. The minimum absolute atomic E-state index is 0.0519. The highest BCUT2D eigenvalue weighted by atomic mass is 32.1. The zero-order valence-electron chi connectivity index (χ0n) is 18.9. The summed E-state index contributed by atoms with van der Waals surface area (Å²) in [5, 5.41) is 3.91. The van der Waals surface area contributed by atoms with E-state index < -0.39 is 0 Å². The lowest BCUT2D eigenvalue weighted by atomic mass is 9.71. The summed E-state index contributed by atoms with van der Waals surface area (Å²) in [6, 6.07) is 13.9. The number of ether oxygens (including phenoxy) is 1. The molecule has 6 heteroatoms. The molecule has 1 amide bonds. The number of hydrogen-bond donors (Lipinski definition) is 2. The second kappa shape index (κ2) is 10.2. The van der Waals surface area contributed by atoms with Gasteiger partial charge in [0.2, 0.25) is 0 Å². The zero-order chi connectivity index (χ0) is 22.4. The summed E-state index contributed by atoms with van der Waals surface area (Å²) >= 11 is 1.47. The highest BCUT2D eigenvalue weighted by molar-refractivity contribution is 7.20. The van der Waals surface area contributed by atoms with Gasteiger partial charge in [-0.3, -0.25) is 4.79 Å². The van der Waals surface area contributed by atoms with Crippen LogP contribution in [0.25, 0.3) is 10.2 Å². The Kier molecular flexibility index (Phi) is 7.68. The maximum Gasteiger partial charge on any atom is 0.261 e. The van der Waals surface area contributed by atoms with Crippen molar-refractivity contribution in [2.75, 3.05) is 20.2 Å². The van der Waals surface area contributed by atoms with Crippen molar-refractivity contribution in [2.45, 2.75) is 40.0 Å². The maximum absolute atomic E-state index is 12.1. The number of carbonyl (C=O) groups is 1. The quantitative estimate of drug-likeness (QED) is 0.610. The van der Waals surface area contributed by atoms with Gasteiger partial charge < -0.3 is 15.8 Å². The first kappa shape index (κ1) is 23.2. The summed E-state index contributed by atoms with van der Waals surface area (Å²) in [7, 11) is 1.66. The molecule has 3 N–H and O–H groups in total. The Labute approximate surface area is 189 Å². The average Bonchev–Trinajstić information content (AvgIpc) is 3.18. The van der Waals surface area contributed by atoms with Crippen molar-refractivity contribution in [1.82, 2.24) is 10.3 Å². The third-order valence-electron chi connectivity index (χ3n) is 5.73. The lowest BCUT2D eigenvalue weighted by Gasteiger charge is -2.34. The second-order valence-electron chi connectivity index (χ2n) is 8.97. The molecule has 0 saturated heterocycles. The number of aromatic nitrogens is 1. The molecule has 0 aliphatic heterocycles. The second-order valence-corrected chi connectivity index (χ2v) is 10.00. The zero-order valence-corrected chi connectivity index (χ0v) is 19.7. The molecular weight excluding hydrogens is 406 g/mol. The molecule has 0 fully saturated rings. The highest BCUT2D eigenvalue weighted by Gasteiger charge is 2.29. The lowest BCUT2D eigenvalue weighted by Crippen LogP contribution is -2.28. The van der Waals surface area contributed by atoms with E-state index >= 15 is 0 Å². The lowest BCUT2D eigenvalue weighted by molar-refractivity contribution is 0.0959. The molecular formula is C25H33N3O2S. The Morgan fingerprint density at radius 3 is 2.61 bits per heavy atom. The number of carbonyl (C=O) groups excluding carboxylic acids is 1. The predicted molar refractivity (Wildman–Crippen MR) is 129 cm³/mol. The molecule has 1 unspecified atom stereocenters. The van der Waals surface area contributed by atoms with Crippen LogP contribution < -0.4 is 15.8 Å². The molecule has 0 spiro atoms. The van der Waals surface area contributed by atoms with E-state index in [1.54, 1.807) is 7.11 Å². The summed E-state index contributed by atoms with van der Waals surface area (Å²) in [6.07, 6.45) is 3.33. The van der Waals surface area contributed by atoms with Gasteiger partial charge in [0.05, 0.1) is 12.0 Å². The van der Waals surface area contributed by atoms with Crippen LogP contribution in [0.1, 0.15) is 48.1 Å². The highest BCUT2D eigenvalue weighted by Crippen LogP contribution is 2.38. The number of rotatable bonds is 4. The molecule has 0 saturated carbocycles. The van der Waals surface area contributed by atoms with E-state index in [0.29, 0.717) is 24.4 Å². The Hall–Kier alpha value is -2.44. The standard InChI is InChI=1S/C18H25N3OS.C7H8O/c1-18(2,3)13-4-5-14-11(9-13)8-12-10-15(23-17(12)21-14)16(22)20-7-6-19;1-8-7-5-3-2-4-6-7/h8,10,13H,4-7,9,19H2,1-3H3,(H,20,22);2-6H,1H3. The van der Waals surface area contributed by atoms with Gasteiger partial charge in [0.15, 0.2) is 0 Å². The van der Waals surface area contributed by atoms with Crippen LogP contribution >= 0.6 is 11.3 Å². The van der Waals surface area contributed by atoms with Gasteiger partial charge >= 0.3 is 0 Å². The number of nitrogens with two attached hydrogens (primary N) is 1. The summed E-state index contributed by atoms with van der Waals surface area (Å²) < 4.78 is 4.91. The smallest absolute Gasteiger partial charge is 0.261 e. The Balaban J connectivity index is 0.000000287. The summed E-state index contributed by atoms with van der Waals surface area (Å²) in [6.45, 7) is 7.92. The first-order valence-corrected chi connectivity index (χ1v) is 11.6. The SMILES string of the molecule is CC(C)(C)C1CCc2nc3sc(C(=O)NCCN)cc3cc2C1.COc1ccccc1. The van der Waals surface area contributed by atoms with Crippen molar-refractivity contribution in [3.63, 3.8) is 0 Å². The number of pyridine rings is 1. The number of para-hydroxylation sites is 1. The first-order chi connectivity index (χ1) is 14.8. The average molecular weight is 440 g/mol. The Morgan fingerprint density at radius 1 is 1.26 bits per heavy atom. The Morgan fingerprint density at radius 2 is 2.00 bits per heavy atom. The van der Waals surface area contributed by atoms with E-state index in [0.717, 1.165) is 33.7 Å². The molecule has 0 bridgehead atoms. The van der Waals surface area contributed by atoms with Crippen LogP contribution in [0.2, 0.25) is 0 Å². The van der Waals surface area contributed by atoms with E-state index in [9.17, 15) is 4.79 Å². The minimum atomic E-state index is -0.0519. The van der Waals surface area contributed by atoms with Crippen molar-refractivity contribution < 1.29 is 9.53 Å². The molecule has 0 radical (unpaired) electrons. The molecule has 1 atom stereocenters. The topological polar surface area (TPSA) is 77.2 Å². The van der Waals surface area contributed by atoms with Crippen LogP contribution in [-0.4, -0.2) is 31.1 Å². The van der Waals surface area contributed by atoms with Crippen LogP contribution in [0.3, 0.4) is 0 Å². The largest absolute Gasteiger partial charge is 0.497 e. The maximum atomic E-state index is 12.1. The van der Waals surface area contributed by atoms with E-state index in [1.165, 1.54) is 29.0 Å². The summed E-state index contributed by atoms with van der Waals surface area (Å²) in [5.74, 6) is 1.55. The normalized spacial score (nSPS) is 15.6. The predicted octanol–water partition coefficient (Wildman–Crippen LogP) is 4.83. The summed E-state index contributed by atoms with van der Waals surface area (Å²) in [5.41, 5.74) is 8.34. The van der Waals surface area contributed by atoms with Gasteiger partial charge in [-0.05, 0) is 60.4 Å². The molecule has 31 heavy (non-hydrogen) atoms. The molecule has 3 aromatic rings. The number of benzene rings is 1. The number of hydrogen-bond acceptors (Lipinski definition) is 5. The van der Waals surface area contributed by atoms with Gasteiger partial charge in [-0.15, -0.1) is 11.3 Å². The Bertz CT molecular complexity index is 1010. The number of nitrogens with zero attached hydrogens (tertiary/aromatic N) is 1. The number of aryl methyl sites for hydroxylation is 1. The molecule has 2 heterocycles. The fourth-order valence-electron chi connectivity index (χ4n) is 3.80. The van der Waals surface area contributed by atoms with Crippen molar-refractivity contribution in [2.24, 2.45) is 17.1 Å². The van der Waals surface area contributed by atoms with E-state index in [2.05, 4.69) is 32.2 Å². The van der Waals surface area contributed by atoms with Crippen LogP contribution in [0.5, 0.6) is 5.75 Å². The number of nitrogens with one attached hydrogen (secondary N) is 1. The van der Waals surface area contributed by atoms with Crippen molar-refractivity contribution in [3.05, 3.63) is 58.6 Å². The van der Waals surface area contributed by atoms with Gasteiger partial charge in [0.1, 0.15) is 10.6 Å². The fraction of sp³-hybridized carbons (Fsp3) is 0.440. The van der Waals surface area contributed by atoms with Crippen molar-refractivity contribution in [1.29, 1.82) is 0 Å². The van der Waals surface area contributed by atoms with Gasteiger partial charge in [-0.2, -0.15) is 0 Å². The minimum Gasteiger partial charge on any atom is -0.497 e. The molecule has 1 aromatic carbocycles. The van der Waals surface area contributed by atoms with Gasteiger partial charge in [-0.1, -0.05) is 39.0 Å². The van der Waals surface area contributed by atoms with Crippen molar-refractivity contribution in [3.8, 4) is 5.75 Å². The molecule has 5 nitrogen and oxygen atoms in total. The van der Waals surface area contributed by atoms with Gasteiger partial charge in [-0.25, -0.2) is 4.98 Å². The molecule has 4 rings (SSSR count). The third-order valence-corrected chi connectivity index (χ3v) is 6.77. The van der Waals surface area contributed by atoms with Gasteiger partial charge in [0.25, 0.3) is 5.91 Å². The van der Waals surface area contributed by atoms with E-state index in [4.69, 9.17) is 15.5 Å². The third kappa shape index (κ3) is 6.05. The molecule has 1 aliphatic rings. The van der Waals surface area contributed by atoms with Crippen LogP contribution in [0.4, 0.5) is 0 Å². The number of fused-ring (bicyclic) bond motifs is 2. The molecule has 2 aromatic heterocycles. The number of amides is 1. The fourth-order valence-corrected chi connectivity index (χ4v) is 4.75. The van der Waals surface area contributed by atoms with E-state index in [1.807, 2.05) is 36.4 Å². The van der Waals surface area contributed by atoms with Crippen molar-refractivity contribution >= 4 is 27.5 Å². The summed E-state index contributed by atoms with van der Waals surface area (Å²) in [4.78, 5) is 18.6. The monoisotopic (exact) mass is 439 g/mol. The number of methoxy groups -OCH3 is 1. The van der Waals surface area contributed by atoms with Crippen LogP contribution in [0, 0.1) is 11.3 Å². The number of thiophene rings is 1. The van der Waals surface area contributed by atoms with Crippen LogP contribution in [0.15, 0.2) is 42.5 Å². The first-order valence-electron chi connectivity index (χ1n) is 10.8. The molecule has 1 aliphatic carbocycles. The van der Waals surface area contributed by atoms with E-state index in [-0.39, 0.29) is 5.91 Å². The van der Waals surface area contributed by atoms with Crippen LogP contribution in [-0.2, 0) is 12.8 Å².